The van der Waals surface area contributed by atoms with Crippen LogP contribution in [0.5, 0.6) is 0 Å². The summed E-state index contributed by atoms with van der Waals surface area (Å²) in [6, 6.07) is 18.6. The summed E-state index contributed by atoms with van der Waals surface area (Å²) in [6.07, 6.45) is 0. The zero-order valence-electron chi connectivity index (χ0n) is 16.7. The van der Waals surface area contributed by atoms with Crippen molar-refractivity contribution in [3.05, 3.63) is 65.7 Å². The lowest BCUT2D eigenvalue weighted by Gasteiger charge is -2.19. The highest BCUT2D eigenvalue weighted by molar-refractivity contribution is 8.00. The maximum absolute atomic E-state index is 11.5. The zero-order chi connectivity index (χ0) is 20.3. The number of rotatable bonds is 6. The van der Waals surface area contributed by atoms with Gasteiger partial charge in [-0.2, -0.15) is 0 Å². The van der Waals surface area contributed by atoms with Gasteiger partial charge in [-0.1, -0.05) is 87.1 Å². The van der Waals surface area contributed by atoms with Crippen molar-refractivity contribution in [1.29, 1.82) is 0 Å². The number of nitrogens with two attached hydrogens (primary N) is 1. The molecule has 0 aliphatic rings. The number of primary amides is 1. The van der Waals surface area contributed by atoms with Crippen molar-refractivity contribution < 1.29 is 4.79 Å². The van der Waals surface area contributed by atoms with Crippen LogP contribution in [0.1, 0.15) is 38.8 Å². The summed E-state index contributed by atoms with van der Waals surface area (Å²) in [7, 11) is 0. The normalized spacial score (nSPS) is 12.7. The van der Waals surface area contributed by atoms with Gasteiger partial charge < -0.3 is 5.73 Å². The number of hydrogen-bond donors (Lipinski definition) is 1. The molecule has 3 rings (SSSR count). The summed E-state index contributed by atoms with van der Waals surface area (Å²) in [5.74, 6) is 0.416. The minimum absolute atomic E-state index is 0.0914. The van der Waals surface area contributed by atoms with Gasteiger partial charge in [0.05, 0.1) is 11.8 Å². The Hall–Kier alpha value is -2.60. The van der Waals surface area contributed by atoms with E-state index < -0.39 is 0 Å². The van der Waals surface area contributed by atoms with Gasteiger partial charge in [-0.3, -0.25) is 9.36 Å². The minimum atomic E-state index is -0.380. The van der Waals surface area contributed by atoms with Gasteiger partial charge >= 0.3 is 0 Å². The molecule has 0 unspecified atom stereocenters. The van der Waals surface area contributed by atoms with Gasteiger partial charge in [-0.25, -0.2) is 0 Å². The molecule has 1 aromatic heterocycles. The molecule has 0 saturated heterocycles. The molecule has 0 aliphatic carbocycles. The van der Waals surface area contributed by atoms with E-state index in [-0.39, 0.29) is 16.6 Å². The van der Waals surface area contributed by atoms with Crippen LogP contribution in [-0.4, -0.2) is 25.9 Å². The Morgan fingerprint density at radius 1 is 1.07 bits per heavy atom. The van der Waals surface area contributed by atoms with E-state index in [0.29, 0.717) is 11.7 Å². The number of carbonyl (C=O) groups excluding carboxylic acids is 1. The van der Waals surface area contributed by atoms with E-state index in [2.05, 4.69) is 67.4 Å². The average Bonchev–Trinajstić information content (AvgIpc) is 3.04. The molecule has 6 heteroatoms. The van der Waals surface area contributed by atoms with Crippen LogP contribution in [-0.2, 0) is 16.8 Å². The SMILES string of the molecule is C[C@H](Sc1nnc(-c2ccc(C(C)(C)C)cc2)n1Cc1ccccc1)C(N)=O. The largest absolute Gasteiger partial charge is 0.369 e. The van der Waals surface area contributed by atoms with Crippen molar-refractivity contribution in [2.24, 2.45) is 5.73 Å². The molecule has 3 aromatic rings. The first kappa shape index (κ1) is 20.1. The zero-order valence-corrected chi connectivity index (χ0v) is 17.5. The average molecular weight is 395 g/mol. The van der Waals surface area contributed by atoms with Gasteiger partial charge in [0.2, 0.25) is 5.91 Å². The Kier molecular flexibility index (Phi) is 5.89. The first-order valence-electron chi connectivity index (χ1n) is 9.29. The second-order valence-electron chi connectivity index (χ2n) is 7.87. The summed E-state index contributed by atoms with van der Waals surface area (Å²) in [4.78, 5) is 11.5. The number of thioether (sulfide) groups is 1. The van der Waals surface area contributed by atoms with E-state index in [1.807, 2.05) is 22.8 Å². The summed E-state index contributed by atoms with van der Waals surface area (Å²) in [5, 5.41) is 9.08. The van der Waals surface area contributed by atoms with Crippen LogP contribution in [0.4, 0.5) is 0 Å². The highest BCUT2D eigenvalue weighted by Crippen LogP contribution is 2.29. The topological polar surface area (TPSA) is 73.8 Å². The molecule has 0 fully saturated rings. The van der Waals surface area contributed by atoms with E-state index >= 15 is 0 Å². The molecule has 5 nitrogen and oxygen atoms in total. The quantitative estimate of drug-likeness (QED) is 0.634. The molecule has 0 saturated carbocycles. The fourth-order valence-electron chi connectivity index (χ4n) is 2.83. The number of benzene rings is 2. The first-order valence-corrected chi connectivity index (χ1v) is 10.2. The van der Waals surface area contributed by atoms with Crippen molar-refractivity contribution in [1.82, 2.24) is 14.8 Å². The maximum atomic E-state index is 11.5. The Morgan fingerprint density at radius 3 is 2.29 bits per heavy atom. The van der Waals surface area contributed by atoms with E-state index in [0.717, 1.165) is 17.0 Å². The molecule has 2 N–H and O–H groups in total. The Balaban J connectivity index is 2.00. The Labute approximate surface area is 170 Å². The molecular formula is C22H26N4OS. The summed E-state index contributed by atoms with van der Waals surface area (Å²) in [5.41, 5.74) is 8.94. The standard InChI is InChI=1S/C22H26N4OS/c1-15(19(23)27)28-21-25-24-20(26(21)14-16-8-6-5-7-9-16)17-10-12-18(13-11-17)22(2,3)4/h5-13,15H,14H2,1-4H3,(H2,23,27)/t15-/m0/s1. The highest BCUT2D eigenvalue weighted by atomic mass is 32.2. The van der Waals surface area contributed by atoms with E-state index in [1.165, 1.54) is 17.3 Å². The molecule has 0 spiro atoms. The number of hydrogen-bond acceptors (Lipinski definition) is 4. The molecule has 1 amide bonds. The fraction of sp³-hybridized carbons (Fsp3) is 0.318. The molecular weight excluding hydrogens is 368 g/mol. The lowest BCUT2D eigenvalue weighted by molar-refractivity contribution is -0.117. The molecule has 1 heterocycles. The van der Waals surface area contributed by atoms with Gasteiger partial charge in [0.15, 0.2) is 11.0 Å². The van der Waals surface area contributed by atoms with Gasteiger partial charge in [-0.15, -0.1) is 10.2 Å². The fourth-order valence-corrected chi connectivity index (χ4v) is 3.63. The smallest absolute Gasteiger partial charge is 0.230 e. The van der Waals surface area contributed by atoms with Gasteiger partial charge in [-0.05, 0) is 23.5 Å². The number of carbonyl (C=O) groups is 1. The number of aromatic nitrogens is 3. The third-order valence-electron chi connectivity index (χ3n) is 4.59. The maximum Gasteiger partial charge on any atom is 0.230 e. The van der Waals surface area contributed by atoms with E-state index in [9.17, 15) is 4.79 Å². The van der Waals surface area contributed by atoms with E-state index in [4.69, 9.17) is 5.73 Å². The van der Waals surface area contributed by atoms with Crippen LogP contribution < -0.4 is 5.73 Å². The van der Waals surface area contributed by atoms with E-state index in [1.54, 1.807) is 6.92 Å². The molecule has 1 atom stereocenters. The lowest BCUT2D eigenvalue weighted by Crippen LogP contribution is -2.23. The minimum Gasteiger partial charge on any atom is -0.369 e. The summed E-state index contributed by atoms with van der Waals surface area (Å²) in [6.45, 7) is 8.99. The van der Waals surface area contributed by atoms with Crippen LogP contribution in [0.15, 0.2) is 59.8 Å². The molecule has 146 valence electrons. The second-order valence-corrected chi connectivity index (χ2v) is 9.18. The van der Waals surface area contributed by atoms with Crippen molar-refractivity contribution in [2.75, 3.05) is 0 Å². The lowest BCUT2D eigenvalue weighted by atomic mass is 9.87. The monoisotopic (exact) mass is 394 g/mol. The molecule has 0 aliphatic heterocycles. The van der Waals surface area contributed by atoms with Crippen molar-refractivity contribution in [3.8, 4) is 11.4 Å². The highest BCUT2D eigenvalue weighted by Gasteiger charge is 2.20. The van der Waals surface area contributed by atoms with Crippen LogP contribution in [0.2, 0.25) is 0 Å². The van der Waals surface area contributed by atoms with Gasteiger partial charge in [0.1, 0.15) is 0 Å². The van der Waals surface area contributed by atoms with Crippen molar-refractivity contribution in [2.45, 2.75) is 50.1 Å². The molecule has 2 aromatic carbocycles. The van der Waals surface area contributed by atoms with Crippen molar-refractivity contribution in [3.63, 3.8) is 0 Å². The third-order valence-corrected chi connectivity index (χ3v) is 5.69. The predicted molar refractivity (Wildman–Crippen MR) is 114 cm³/mol. The molecule has 28 heavy (non-hydrogen) atoms. The van der Waals surface area contributed by atoms with Crippen LogP contribution >= 0.6 is 11.8 Å². The van der Waals surface area contributed by atoms with Crippen LogP contribution in [0.3, 0.4) is 0 Å². The second kappa shape index (κ2) is 8.19. The van der Waals surface area contributed by atoms with Gasteiger partial charge in [0.25, 0.3) is 0 Å². The number of amides is 1. The summed E-state index contributed by atoms with van der Waals surface area (Å²) < 4.78 is 2.05. The van der Waals surface area contributed by atoms with Crippen molar-refractivity contribution >= 4 is 17.7 Å². The predicted octanol–water partition coefficient (Wildman–Crippen LogP) is 4.26. The Morgan fingerprint density at radius 2 is 1.71 bits per heavy atom. The number of nitrogens with zero attached hydrogens (tertiary/aromatic N) is 3. The van der Waals surface area contributed by atoms with Crippen LogP contribution in [0.25, 0.3) is 11.4 Å². The molecule has 0 bridgehead atoms. The summed E-state index contributed by atoms with van der Waals surface area (Å²) >= 11 is 1.34. The van der Waals surface area contributed by atoms with Gasteiger partial charge in [0, 0.05) is 5.56 Å². The molecule has 0 radical (unpaired) electrons. The van der Waals surface area contributed by atoms with Crippen LogP contribution in [0, 0.1) is 0 Å². The first-order chi connectivity index (χ1) is 13.3. The third kappa shape index (κ3) is 4.62. The Bertz CT molecular complexity index is 943.